The molecule has 2 aromatic heterocycles. The van der Waals surface area contributed by atoms with Crippen molar-refractivity contribution in [2.45, 2.75) is 18.7 Å². The molecule has 0 aliphatic rings. The zero-order valence-corrected chi connectivity index (χ0v) is 14.9. The molecule has 23 heavy (non-hydrogen) atoms. The van der Waals surface area contributed by atoms with Gasteiger partial charge in [0.15, 0.2) is 0 Å². The number of benzene rings is 1. The molecule has 0 spiro atoms. The molecule has 3 aromatic rings. The number of amides is 1. The lowest BCUT2D eigenvalue weighted by molar-refractivity contribution is -0.119. The Morgan fingerprint density at radius 1 is 1.39 bits per heavy atom. The number of fused-ring (bicyclic) bond motifs is 1. The molecule has 0 fully saturated rings. The summed E-state index contributed by atoms with van der Waals surface area (Å²) >= 11 is 9.02. The standard InChI is InChI=1S/C16H16ClN3OS2/c1-10(16-19-12-4-2-3-5-13(12)20-16)18-15(21)9-22-8-11-6-7-14(17)23-11/h2-7,10H,8-9H2,1H3,(H,18,21)(H,19,20)/t10-/m1/s1. The number of H-pyrrole nitrogens is 1. The van der Waals surface area contributed by atoms with Crippen LogP contribution in [0.15, 0.2) is 36.4 Å². The number of halogens is 1. The normalized spacial score (nSPS) is 12.4. The van der Waals surface area contributed by atoms with Gasteiger partial charge in [-0.25, -0.2) is 4.98 Å². The topological polar surface area (TPSA) is 57.8 Å². The molecule has 0 saturated heterocycles. The Balaban J connectivity index is 1.50. The van der Waals surface area contributed by atoms with Crippen molar-refractivity contribution in [2.75, 3.05) is 5.75 Å². The van der Waals surface area contributed by atoms with Gasteiger partial charge in [-0.1, -0.05) is 23.7 Å². The Labute approximate surface area is 147 Å². The molecule has 0 aliphatic carbocycles. The van der Waals surface area contributed by atoms with Gasteiger partial charge in [0.25, 0.3) is 0 Å². The van der Waals surface area contributed by atoms with E-state index < -0.39 is 0 Å². The highest BCUT2D eigenvalue weighted by Crippen LogP contribution is 2.25. The van der Waals surface area contributed by atoms with E-state index in [0.717, 1.165) is 26.9 Å². The van der Waals surface area contributed by atoms with Crippen LogP contribution in [0.4, 0.5) is 0 Å². The molecule has 0 bridgehead atoms. The van der Waals surface area contributed by atoms with Gasteiger partial charge in [0.1, 0.15) is 5.82 Å². The summed E-state index contributed by atoms with van der Waals surface area (Å²) < 4.78 is 0.781. The smallest absolute Gasteiger partial charge is 0.230 e. The highest BCUT2D eigenvalue weighted by atomic mass is 35.5. The zero-order valence-electron chi connectivity index (χ0n) is 12.5. The molecule has 0 saturated carbocycles. The molecule has 0 radical (unpaired) electrons. The monoisotopic (exact) mass is 365 g/mol. The first kappa shape index (κ1) is 16.4. The Kier molecular flexibility index (Phi) is 5.25. The zero-order chi connectivity index (χ0) is 16.2. The second-order valence-electron chi connectivity index (χ2n) is 5.13. The second-order valence-corrected chi connectivity index (χ2v) is 7.91. The van der Waals surface area contributed by atoms with Gasteiger partial charge in [0.05, 0.1) is 27.2 Å². The third-order valence-electron chi connectivity index (χ3n) is 3.30. The Morgan fingerprint density at radius 2 is 2.22 bits per heavy atom. The maximum atomic E-state index is 12.0. The van der Waals surface area contributed by atoms with Gasteiger partial charge in [-0.05, 0) is 31.2 Å². The summed E-state index contributed by atoms with van der Waals surface area (Å²) in [7, 11) is 0. The fraction of sp³-hybridized carbons (Fsp3) is 0.250. The Hall–Kier alpha value is -1.50. The van der Waals surface area contributed by atoms with E-state index in [2.05, 4.69) is 15.3 Å². The molecule has 1 amide bonds. The van der Waals surface area contributed by atoms with Crippen molar-refractivity contribution in [3.8, 4) is 0 Å². The Bertz CT molecular complexity index is 781. The van der Waals surface area contributed by atoms with Gasteiger partial charge in [0.2, 0.25) is 5.91 Å². The quantitative estimate of drug-likeness (QED) is 0.681. The lowest BCUT2D eigenvalue weighted by Crippen LogP contribution is -2.28. The average molecular weight is 366 g/mol. The van der Waals surface area contributed by atoms with Crippen LogP contribution in [0.1, 0.15) is 23.7 Å². The summed E-state index contributed by atoms with van der Waals surface area (Å²) in [5.74, 6) is 1.99. The van der Waals surface area contributed by atoms with Gasteiger partial charge in [-0.15, -0.1) is 23.1 Å². The summed E-state index contributed by atoms with van der Waals surface area (Å²) in [5, 5.41) is 2.97. The number of carbonyl (C=O) groups is 1. The molecule has 1 aromatic carbocycles. The molecule has 120 valence electrons. The number of thiophene rings is 1. The minimum atomic E-state index is -0.147. The maximum absolute atomic E-state index is 12.0. The lowest BCUT2D eigenvalue weighted by Gasteiger charge is -2.11. The molecule has 2 N–H and O–H groups in total. The van der Waals surface area contributed by atoms with Crippen molar-refractivity contribution in [1.82, 2.24) is 15.3 Å². The van der Waals surface area contributed by atoms with Gasteiger partial charge < -0.3 is 10.3 Å². The van der Waals surface area contributed by atoms with Crippen LogP contribution in [0.3, 0.4) is 0 Å². The van der Waals surface area contributed by atoms with Gasteiger partial charge >= 0.3 is 0 Å². The number of aromatic nitrogens is 2. The lowest BCUT2D eigenvalue weighted by atomic mass is 10.3. The SMILES string of the molecule is C[C@@H](NC(=O)CSCc1ccc(Cl)s1)c1nc2ccccc2[nH]1. The van der Waals surface area contributed by atoms with Crippen LogP contribution < -0.4 is 5.32 Å². The van der Waals surface area contributed by atoms with Crippen LogP contribution in [-0.4, -0.2) is 21.6 Å². The predicted molar refractivity (Wildman–Crippen MR) is 98.1 cm³/mol. The number of aromatic amines is 1. The van der Waals surface area contributed by atoms with Crippen molar-refractivity contribution < 1.29 is 4.79 Å². The van der Waals surface area contributed by atoms with Crippen LogP contribution in [0.5, 0.6) is 0 Å². The number of nitrogens with one attached hydrogen (secondary N) is 2. The van der Waals surface area contributed by atoms with E-state index in [-0.39, 0.29) is 11.9 Å². The number of rotatable bonds is 6. The highest BCUT2D eigenvalue weighted by Gasteiger charge is 2.13. The summed E-state index contributed by atoms with van der Waals surface area (Å²) in [6.45, 7) is 1.93. The van der Waals surface area contributed by atoms with E-state index in [1.165, 1.54) is 4.88 Å². The number of para-hydroxylation sites is 2. The van der Waals surface area contributed by atoms with Crippen molar-refractivity contribution in [2.24, 2.45) is 0 Å². The van der Waals surface area contributed by atoms with E-state index in [4.69, 9.17) is 11.6 Å². The van der Waals surface area contributed by atoms with Crippen molar-refractivity contribution >= 4 is 51.6 Å². The molecule has 7 heteroatoms. The van der Waals surface area contributed by atoms with Crippen LogP contribution in [0.25, 0.3) is 11.0 Å². The van der Waals surface area contributed by atoms with Crippen LogP contribution in [0, 0.1) is 0 Å². The van der Waals surface area contributed by atoms with Crippen LogP contribution in [-0.2, 0) is 10.5 Å². The third kappa shape index (κ3) is 4.28. The molecule has 2 heterocycles. The van der Waals surface area contributed by atoms with Crippen molar-refractivity contribution in [3.63, 3.8) is 0 Å². The number of hydrogen-bond donors (Lipinski definition) is 2. The van der Waals surface area contributed by atoms with E-state index >= 15 is 0 Å². The fourth-order valence-electron chi connectivity index (χ4n) is 2.20. The fourth-order valence-corrected chi connectivity index (χ4v) is 4.24. The molecule has 3 rings (SSSR count). The molecular formula is C16H16ClN3OS2. The van der Waals surface area contributed by atoms with Crippen LogP contribution in [0.2, 0.25) is 4.34 Å². The number of imidazole rings is 1. The van der Waals surface area contributed by atoms with Gasteiger partial charge in [-0.3, -0.25) is 4.79 Å². The molecule has 0 aliphatic heterocycles. The minimum absolute atomic E-state index is 0.00519. The first-order chi connectivity index (χ1) is 11.1. The van der Waals surface area contributed by atoms with E-state index in [1.54, 1.807) is 23.1 Å². The summed E-state index contributed by atoms with van der Waals surface area (Å²) in [4.78, 5) is 21.0. The number of nitrogens with zero attached hydrogens (tertiary/aromatic N) is 1. The van der Waals surface area contributed by atoms with Gasteiger partial charge in [-0.2, -0.15) is 0 Å². The van der Waals surface area contributed by atoms with Gasteiger partial charge in [0, 0.05) is 10.6 Å². The van der Waals surface area contributed by atoms with E-state index in [9.17, 15) is 4.79 Å². The molecular weight excluding hydrogens is 350 g/mol. The summed E-state index contributed by atoms with van der Waals surface area (Å²) in [6, 6.07) is 11.6. The number of carbonyl (C=O) groups excluding carboxylic acids is 1. The number of thioether (sulfide) groups is 1. The molecule has 4 nitrogen and oxygen atoms in total. The summed E-state index contributed by atoms with van der Waals surface area (Å²) in [5.41, 5.74) is 1.89. The molecule has 0 unspecified atom stereocenters. The minimum Gasteiger partial charge on any atom is -0.346 e. The third-order valence-corrected chi connectivity index (χ3v) is 5.70. The van der Waals surface area contributed by atoms with E-state index in [1.807, 2.05) is 43.3 Å². The van der Waals surface area contributed by atoms with Crippen LogP contribution >= 0.6 is 34.7 Å². The largest absolute Gasteiger partial charge is 0.346 e. The first-order valence-corrected chi connectivity index (χ1v) is 9.52. The van der Waals surface area contributed by atoms with Crippen molar-refractivity contribution in [3.05, 3.63) is 51.4 Å². The summed E-state index contributed by atoms with van der Waals surface area (Å²) in [6.07, 6.45) is 0. The average Bonchev–Trinajstić information content (AvgIpc) is 3.13. The van der Waals surface area contributed by atoms with Crippen molar-refractivity contribution in [1.29, 1.82) is 0 Å². The first-order valence-electron chi connectivity index (χ1n) is 7.18. The number of hydrogen-bond acceptors (Lipinski definition) is 4. The van der Waals surface area contributed by atoms with E-state index in [0.29, 0.717) is 5.75 Å². The predicted octanol–water partition coefficient (Wildman–Crippen LogP) is 4.39. The maximum Gasteiger partial charge on any atom is 0.230 e. The second kappa shape index (κ2) is 7.38. The molecule has 1 atom stereocenters. The Morgan fingerprint density at radius 3 is 2.96 bits per heavy atom. The highest BCUT2D eigenvalue weighted by molar-refractivity contribution is 7.99.